The monoisotopic (exact) mass is 298 g/mol. The lowest BCUT2D eigenvalue weighted by molar-refractivity contribution is 0.0600. The third-order valence-electron chi connectivity index (χ3n) is 3.75. The minimum Gasteiger partial charge on any atom is -0.490 e. The summed E-state index contributed by atoms with van der Waals surface area (Å²) in [4.78, 5) is 13.9. The zero-order valence-electron chi connectivity index (χ0n) is 12.4. The van der Waals surface area contributed by atoms with Gasteiger partial charge in [0.05, 0.1) is 24.9 Å². The van der Waals surface area contributed by atoms with Crippen LogP contribution in [0, 0.1) is 0 Å². The lowest BCUT2D eigenvalue weighted by Gasteiger charge is -2.32. The molecule has 0 spiro atoms. The average Bonchev–Trinajstić information content (AvgIpc) is 2.60. The van der Waals surface area contributed by atoms with E-state index in [1.54, 1.807) is 18.2 Å². The molecule has 1 aliphatic heterocycles. The van der Waals surface area contributed by atoms with Gasteiger partial charge in [-0.15, -0.1) is 0 Å². The molecule has 0 saturated heterocycles. The van der Waals surface area contributed by atoms with E-state index in [0.29, 0.717) is 25.3 Å². The molecule has 0 unspecified atom stereocenters. The smallest absolute Gasteiger partial charge is 0.337 e. The number of esters is 1. The second-order valence-corrected chi connectivity index (χ2v) is 5.01. The molecular formula is C17H18N2O3. The van der Waals surface area contributed by atoms with Gasteiger partial charge in [-0.25, -0.2) is 4.79 Å². The second-order valence-electron chi connectivity index (χ2n) is 5.01. The van der Waals surface area contributed by atoms with E-state index in [0.717, 1.165) is 22.7 Å². The molecular weight excluding hydrogens is 280 g/mol. The van der Waals surface area contributed by atoms with Gasteiger partial charge in [0, 0.05) is 12.2 Å². The summed E-state index contributed by atoms with van der Waals surface area (Å²) >= 11 is 0. The number of benzene rings is 2. The molecule has 5 heteroatoms. The highest BCUT2D eigenvalue weighted by Gasteiger charge is 2.22. The third kappa shape index (κ3) is 2.51. The van der Waals surface area contributed by atoms with E-state index in [1.807, 2.05) is 24.3 Å². The summed E-state index contributed by atoms with van der Waals surface area (Å²) in [5.41, 5.74) is 9.30. The van der Waals surface area contributed by atoms with Gasteiger partial charge in [-0.2, -0.15) is 0 Å². The fraction of sp³-hybridized carbons (Fsp3) is 0.235. The van der Waals surface area contributed by atoms with Crippen molar-refractivity contribution in [2.75, 3.05) is 25.2 Å². The van der Waals surface area contributed by atoms with Crippen molar-refractivity contribution in [3.8, 4) is 5.75 Å². The van der Waals surface area contributed by atoms with Crippen LogP contribution in [0.2, 0.25) is 0 Å². The number of ether oxygens (including phenoxy) is 2. The van der Waals surface area contributed by atoms with Crippen LogP contribution >= 0.6 is 0 Å². The number of carbonyl (C=O) groups is 1. The molecule has 0 bridgehead atoms. The third-order valence-corrected chi connectivity index (χ3v) is 3.75. The molecule has 0 radical (unpaired) electrons. The summed E-state index contributed by atoms with van der Waals surface area (Å²) in [5, 5.41) is 0. The van der Waals surface area contributed by atoms with Crippen molar-refractivity contribution in [3.63, 3.8) is 0 Å². The number of nitrogens with two attached hydrogens (primary N) is 1. The largest absolute Gasteiger partial charge is 0.490 e. The van der Waals surface area contributed by atoms with Crippen molar-refractivity contribution in [1.82, 2.24) is 0 Å². The zero-order chi connectivity index (χ0) is 15.5. The van der Waals surface area contributed by atoms with Crippen LogP contribution in [-0.2, 0) is 11.3 Å². The van der Waals surface area contributed by atoms with Crippen LogP contribution in [0.4, 0.5) is 11.4 Å². The molecule has 3 rings (SSSR count). The van der Waals surface area contributed by atoms with E-state index in [9.17, 15) is 4.79 Å². The van der Waals surface area contributed by atoms with Gasteiger partial charge in [0.1, 0.15) is 12.4 Å². The number of rotatable bonds is 3. The molecule has 0 aromatic heterocycles. The number of methoxy groups -OCH3 is 1. The lowest BCUT2D eigenvalue weighted by atomic mass is 10.1. The minimum absolute atomic E-state index is 0.361. The first-order chi connectivity index (χ1) is 10.7. The molecule has 22 heavy (non-hydrogen) atoms. The topological polar surface area (TPSA) is 64.8 Å². The van der Waals surface area contributed by atoms with E-state index >= 15 is 0 Å². The van der Waals surface area contributed by atoms with E-state index < -0.39 is 0 Å². The first-order valence-corrected chi connectivity index (χ1v) is 7.15. The lowest BCUT2D eigenvalue weighted by Crippen LogP contribution is -2.29. The fourth-order valence-electron chi connectivity index (χ4n) is 2.66. The quantitative estimate of drug-likeness (QED) is 0.882. The summed E-state index contributed by atoms with van der Waals surface area (Å²) < 4.78 is 10.5. The number of hydrogen-bond acceptors (Lipinski definition) is 5. The first kappa shape index (κ1) is 14.4. The van der Waals surface area contributed by atoms with Gasteiger partial charge in [0.25, 0.3) is 0 Å². The maximum atomic E-state index is 11.8. The van der Waals surface area contributed by atoms with E-state index in [2.05, 4.69) is 4.90 Å². The molecule has 0 atom stereocenters. The number of nitrogens with zero attached hydrogens (tertiary/aromatic N) is 1. The highest BCUT2D eigenvalue weighted by molar-refractivity contribution is 5.92. The Labute approximate surface area is 129 Å². The SMILES string of the molecule is COC(=O)c1ccc2c(c1)N(c1ccccc1CN)CCO2. The Morgan fingerprint density at radius 3 is 2.86 bits per heavy atom. The summed E-state index contributed by atoms with van der Waals surface area (Å²) in [5.74, 6) is 0.395. The highest BCUT2D eigenvalue weighted by atomic mass is 16.5. The Morgan fingerprint density at radius 1 is 1.27 bits per heavy atom. The molecule has 0 amide bonds. The second kappa shape index (κ2) is 6.07. The van der Waals surface area contributed by atoms with Gasteiger partial charge >= 0.3 is 5.97 Å². The Hall–Kier alpha value is -2.53. The summed E-state index contributed by atoms with van der Waals surface area (Å²) in [6, 6.07) is 13.3. The van der Waals surface area contributed by atoms with Crippen molar-refractivity contribution in [1.29, 1.82) is 0 Å². The Bertz CT molecular complexity index is 700. The molecule has 1 heterocycles. The van der Waals surface area contributed by atoms with Crippen LogP contribution in [0.5, 0.6) is 5.75 Å². The molecule has 114 valence electrons. The highest BCUT2D eigenvalue weighted by Crippen LogP contribution is 2.38. The number of para-hydroxylation sites is 1. The standard InChI is InChI=1S/C17H18N2O3/c1-21-17(20)12-6-7-16-15(10-12)19(8-9-22-16)14-5-3-2-4-13(14)11-18/h2-7,10H,8-9,11,18H2,1H3. The van der Waals surface area contributed by atoms with Gasteiger partial charge in [-0.1, -0.05) is 18.2 Å². The number of anilines is 2. The predicted octanol–water partition coefficient (Wildman–Crippen LogP) is 2.46. The van der Waals surface area contributed by atoms with E-state index in [-0.39, 0.29) is 5.97 Å². The molecule has 0 aliphatic carbocycles. The van der Waals surface area contributed by atoms with Crippen molar-refractivity contribution in [2.24, 2.45) is 5.73 Å². The van der Waals surface area contributed by atoms with Crippen molar-refractivity contribution in [3.05, 3.63) is 53.6 Å². The van der Waals surface area contributed by atoms with Crippen molar-refractivity contribution >= 4 is 17.3 Å². The van der Waals surface area contributed by atoms with Crippen molar-refractivity contribution < 1.29 is 14.3 Å². The zero-order valence-corrected chi connectivity index (χ0v) is 12.4. The number of fused-ring (bicyclic) bond motifs is 1. The van der Waals surface area contributed by atoms with Gasteiger partial charge in [-0.05, 0) is 29.8 Å². The summed E-state index contributed by atoms with van der Waals surface area (Å²) in [6.07, 6.45) is 0. The molecule has 0 fully saturated rings. The normalized spacial score (nSPS) is 13.3. The van der Waals surface area contributed by atoms with Crippen LogP contribution < -0.4 is 15.4 Å². The first-order valence-electron chi connectivity index (χ1n) is 7.15. The molecule has 1 aliphatic rings. The molecule has 2 aromatic carbocycles. The van der Waals surface area contributed by atoms with Gasteiger partial charge < -0.3 is 20.1 Å². The minimum atomic E-state index is -0.361. The van der Waals surface area contributed by atoms with E-state index in [1.165, 1.54) is 7.11 Å². The molecule has 0 saturated carbocycles. The molecule has 5 nitrogen and oxygen atoms in total. The van der Waals surface area contributed by atoms with Crippen LogP contribution in [0.1, 0.15) is 15.9 Å². The number of carbonyl (C=O) groups excluding carboxylic acids is 1. The summed E-state index contributed by atoms with van der Waals surface area (Å²) in [7, 11) is 1.37. The van der Waals surface area contributed by atoms with Crippen LogP contribution in [0.25, 0.3) is 0 Å². The number of hydrogen-bond donors (Lipinski definition) is 1. The molecule has 2 N–H and O–H groups in total. The Morgan fingerprint density at radius 2 is 2.09 bits per heavy atom. The van der Waals surface area contributed by atoms with Crippen LogP contribution in [-0.4, -0.2) is 26.2 Å². The van der Waals surface area contributed by atoms with Crippen molar-refractivity contribution in [2.45, 2.75) is 6.54 Å². The average molecular weight is 298 g/mol. The van der Waals surface area contributed by atoms with E-state index in [4.69, 9.17) is 15.2 Å². The van der Waals surface area contributed by atoms with Crippen LogP contribution in [0.3, 0.4) is 0 Å². The molecule has 2 aromatic rings. The maximum absolute atomic E-state index is 11.8. The predicted molar refractivity (Wildman–Crippen MR) is 84.6 cm³/mol. The maximum Gasteiger partial charge on any atom is 0.337 e. The summed E-state index contributed by atoms with van der Waals surface area (Å²) in [6.45, 7) is 1.75. The Kier molecular flexibility index (Phi) is 3.98. The Balaban J connectivity index is 2.08. The fourth-order valence-corrected chi connectivity index (χ4v) is 2.66. The van der Waals surface area contributed by atoms with Gasteiger partial charge in [0.15, 0.2) is 0 Å². The van der Waals surface area contributed by atoms with Gasteiger partial charge in [0.2, 0.25) is 0 Å². The van der Waals surface area contributed by atoms with Gasteiger partial charge in [-0.3, -0.25) is 0 Å². The van der Waals surface area contributed by atoms with Crippen LogP contribution in [0.15, 0.2) is 42.5 Å².